The lowest BCUT2D eigenvalue weighted by molar-refractivity contribution is -0.117. The third kappa shape index (κ3) is 3.65. The molecular formula is C17H24N2O3. The van der Waals surface area contributed by atoms with Crippen molar-refractivity contribution in [2.45, 2.75) is 45.1 Å². The number of nitrogens with one attached hydrogen (secondary N) is 1. The minimum Gasteiger partial charge on any atom is -0.388 e. The van der Waals surface area contributed by atoms with Gasteiger partial charge in [0, 0.05) is 30.8 Å². The summed E-state index contributed by atoms with van der Waals surface area (Å²) >= 11 is 0. The van der Waals surface area contributed by atoms with E-state index in [0.29, 0.717) is 31.4 Å². The van der Waals surface area contributed by atoms with Crippen LogP contribution < -0.4 is 10.2 Å². The molecule has 1 aromatic rings. The van der Waals surface area contributed by atoms with Crippen molar-refractivity contribution in [1.82, 2.24) is 5.32 Å². The van der Waals surface area contributed by atoms with Gasteiger partial charge < -0.3 is 15.3 Å². The second-order valence-electron chi connectivity index (χ2n) is 5.81. The van der Waals surface area contributed by atoms with Gasteiger partial charge in [0.15, 0.2) is 0 Å². The normalized spacial score (nSPS) is 15.2. The fraction of sp³-hybridized carbons (Fsp3) is 0.529. The number of aliphatic hydroxyl groups is 1. The molecule has 0 aliphatic carbocycles. The highest BCUT2D eigenvalue weighted by Gasteiger charge is 2.24. The number of carbonyl (C=O) groups is 2. The predicted octanol–water partition coefficient (Wildman–Crippen LogP) is 2.09. The molecule has 0 aromatic heterocycles. The van der Waals surface area contributed by atoms with E-state index < -0.39 is 5.60 Å². The molecule has 0 saturated carbocycles. The molecule has 1 aliphatic heterocycles. The van der Waals surface area contributed by atoms with Crippen LogP contribution in [0.4, 0.5) is 5.69 Å². The van der Waals surface area contributed by atoms with Crippen LogP contribution in [-0.4, -0.2) is 35.6 Å². The average molecular weight is 304 g/mol. The van der Waals surface area contributed by atoms with Crippen LogP contribution in [0.25, 0.3) is 0 Å². The first kappa shape index (κ1) is 16.5. The van der Waals surface area contributed by atoms with Gasteiger partial charge in [0.25, 0.3) is 5.91 Å². The summed E-state index contributed by atoms with van der Waals surface area (Å²) in [6.07, 6.45) is 2.60. The van der Waals surface area contributed by atoms with Gasteiger partial charge in [-0.15, -0.1) is 0 Å². The van der Waals surface area contributed by atoms with Gasteiger partial charge in [0.2, 0.25) is 5.91 Å². The Hall–Kier alpha value is -1.88. The number of anilines is 1. The lowest BCUT2D eigenvalue weighted by atomic mass is 9.97. The summed E-state index contributed by atoms with van der Waals surface area (Å²) in [5, 5.41) is 13.0. The molecule has 0 spiro atoms. The number of amides is 2. The lowest BCUT2D eigenvalue weighted by Gasteiger charge is -2.25. The summed E-state index contributed by atoms with van der Waals surface area (Å²) in [7, 11) is 0. The number of rotatable bonds is 6. The van der Waals surface area contributed by atoms with Crippen LogP contribution in [0.1, 0.15) is 49.9 Å². The van der Waals surface area contributed by atoms with Crippen molar-refractivity contribution < 1.29 is 14.7 Å². The van der Waals surface area contributed by atoms with Crippen LogP contribution in [0.2, 0.25) is 0 Å². The molecule has 2 rings (SSSR count). The third-order valence-corrected chi connectivity index (χ3v) is 4.39. The second-order valence-corrected chi connectivity index (χ2v) is 5.81. The second kappa shape index (κ2) is 6.92. The van der Waals surface area contributed by atoms with E-state index >= 15 is 0 Å². The zero-order valence-corrected chi connectivity index (χ0v) is 13.3. The fourth-order valence-corrected chi connectivity index (χ4v) is 2.58. The number of benzene rings is 1. The van der Waals surface area contributed by atoms with Crippen LogP contribution >= 0.6 is 0 Å². The first-order valence-corrected chi connectivity index (χ1v) is 7.90. The van der Waals surface area contributed by atoms with Gasteiger partial charge in [-0.25, -0.2) is 0 Å². The molecular weight excluding hydrogens is 280 g/mol. The molecule has 1 heterocycles. The number of hydrogen-bond donors (Lipinski definition) is 2. The molecule has 0 unspecified atom stereocenters. The van der Waals surface area contributed by atoms with Gasteiger partial charge in [-0.3, -0.25) is 9.59 Å². The first-order valence-electron chi connectivity index (χ1n) is 7.90. The zero-order chi connectivity index (χ0) is 16.2. The van der Waals surface area contributed by atoms with Crippen molar-refractivity contribution in [3.63, 3.8) is 0 Å². The average Bonchev–Trinajstić information content (AvgIpc) is 2.98. The SMILES string of the molecule is CCC(O)(CC)CNC(=O)c1cccc(N2CCCC2=O)c1. The van der Waals surface area contributed by atoms with E-state index in [2.05, 4.69) is 5.32 Å². The van der Waals surface area contributed by atoms with Crippen molar-refractivity contribution >= 4 is 17.5 Å². The zero-order valence-electron chi connectivity index (χ0n) is 13.3. The standard InChI is InChI=1S/C17H24N2O3/c1-3-17(22,4-2)12-18-16(21)13-7-5-8-14(11-13)19-10-6-9-15(19)20/h5,7-8,11,22H,3-4,6,9-10,12H2,1-2H3,(H,18,21). The third-order valence-electron chi connectivity index (χ3n) is 4.39. The molecule has 2 N–H and O–H groups in total. The van der Waals surface area contributed by atoms with E-state index in [0.717, 1.165) is 12.1 Å². The summed E-state index contributed by atoms with van der Waals surface area (Å²) in [5.74, 6) is -0.127. The van der Waals surface area contributed by atoms with E-state index in [1.54, 1.807) is 23.1 Å². The molecule has 1 aromatic carbocycles. The molecule has 22 heavy (non-hydrogen) atoms. The largest absolute Gasteiger partial charge is 0.388 e. The Kier molecular flexibility index (Phi) is 5.19. The van der Waals surface area contributed by atoms with Gasteiger partial charge in [-0.1, -0.05) is 19.9 Å². The quantitative estimate of drug-likeness (QED) is 0.845. The van der Waals surface area contributed by atoms with E-state index in [9.17, 15) is 14.7 Å². The minimum atomic E-state index is -0.863. The van der Waals surface area contributed by atoms with Crippen LogP contribution in [-0.2, 0) is 4.79 Å². The summed E-state index contributed by atoms with van der Waals surface area (Å²) in [5.41, 5.74) is 0.404. The summed E-state index contributed by atoms with van der Waals surface area (Å²) < 4.78 is 0. The van der Waals surface area contributed by atoms with Crippen LogP contribution in [0, 0.1) is 0 Å². The number of hydrogen-bond acceptors (Lipinski definition) is 3. The molecule has 120 valence electrons. The Morgan fingerprint density at radius 1 is 1.36 bits per heavy atom. The Bertz CT molecular complexity index is 553. The topological polar surface area (TPSA) is 69.6 Å². The monoisotopic (exact) mass is 304 g/mol. The smallest absolute Gasteiger partial charge is 0.251 e. The molecule has 1 fully saturated rings. The van der Waals surface area contributed by atoms with Gasteiger partial charge >= 0.3 is 0 Å². The fourth-order valence-electron chi connectivity index (χ4n) is 2.58. The highest BCUT2D eigenvalue weighted by Crippen LogP contribution is 2.22. The molecule has 0 radical (unpaired) electrons. The predicted molar refractivity (Wildman–Crippen MR) is 85.9 cm³/mol. The summed E-state index contributed by atoms with van der Waals surface area (Å²) in [6.45, 7) is 4.73. The molecule has 5 nitrogen and oxygen atoms in total. The van der Waals surface area contributed by atoms with E-state index in [-0.39, 0.29) is 18.4 Å². The Morgan fingerprint density at radius 3 is 2.68 bits per heavy atom. The van der Waals surface area contributed by atoms with E-state index in [1.165, 1.54) is 0 Å². The summed E-state index contributed by atoms with van der Waals surface area (Å²) in [4.78, 5) is 25.7. The Balaban J connectivity index is 2.06. The van der Waals surface area contributed by atoms with Crippen LogP contribution in [0.3, 0.4) is 0 Å². The van der Waals surface area contributed by atoms with E-state index in [1.807, 2.05) is 19.9 Å². The van der Waals surface area contributed by atoms with Gasteiger partial charge in [0.05, 0.1) is 5.60 Å². The lowest BCUT2D eigenvalue weighted by Crippen LogP contribution is -2.42. The maximum atomic E-state index is 12.2. The van der Waals surface area contributed by atoms with Crippen molar-refractivity contribution in [1.29, 1.82) is 0 Å². The Morgan fingerprint density at radius 2 is 2.09 bits per heavy atom. The van der Waals surface area contributed by atoms with Crippen molar-refractivity contribution in [3.8, 4) is 0 Å². The number of nitrogens with zero attached hydrogens (tertiary/aromatic N) is 1. The highest BCUT2D eigenvalue weighted by atomic mass is 16.3. The maximum Gasteiger partial charge on any atom is 0.251 e. The van der Waals surface area contributed by atoms with Gasteiger partial charge in [0.1, 0.15) is 0 Å². The van der Waals surface area contributed by atoms with Gasteiger partial charge in [-0.05, 0) is 37.5 Å². The highest BCUT2D eigenvalue weighted by molar-refractivity contribution is 5.99. The van der Waals surface area contributed by atoms with E-state index in [4.69, 9.17) is 0 Å². The molecule has 0 bridgehead atoms. The van der Waals surface area contributed by atoms with Crippen LogP contribution in [0.5, 0.6) is 0 Å². The van der Waals surface area contributed by atoms with Crippen molar-refractivity contribution in [3.05, 3.63) is 29.8 Å². The van der Waals surface area contributed by atoms with Gasteiger partial charge in [-0.2, -0.15) is 0 Å². The maximum absolute atomic E-state index is 12.2. The van der Waals surface area contributed by atoms with Crippen LogP contribution in [0.15, 0.2) is 24.3 Å². The molecule has 0 atom stereocenters. The molecule has 2 amide bonds. The number of carbonyl (C=O) groups excluding carboxylic acids is 2. The van der Waals surface area contributed by atoms with Crippen molar-refractivity contribution in [2.24, 2.45) is 0 Å². The van der Waals surface area contributed by atoms with Crippen molar-refractivity contribution in [2.75, 3.05) is 18.0 Å². The summed E-state index contributed by atoms with van der Waals surface area (Å²) in [6, 6.07) is 7.07. The molecule has 1 saturated heterocycles. The minimum absolute atomic E-state index is 0.101. The Labute approximate surface area is 131 Å². The molecule has 1 aliphatic rings. The molecule has 5 heteroatoms. The first-order chi connectivity index (χ1) is 10.5.